The minimum absolute atomic E-state index is 0.139. The van der Waals surface area contributed by atoms with Crippen LogP contribution >= 0.6 is 11.3 Å². The highest BCUT2D eigenvalue weighted by atomic mass is 32.2. The van der Waals surface area contributed by atoms with E-state index < -0.39 is 10.0 Å². The minimum Gasteiger partial charge on any atom is -0.309 e. The van der Waals surface area contributed by atoms with E-state index in [4.69, 9.17) is 0 Å². The van der Waals surface area contributed by atoms with Crippen molar-refractivity contribution in [2.24, 2.45) is 5.92 Å². The molecule has 1 aromatic heterocycles. The molecule has 0 bridgehead atoms. The first-order chi connectivity index (χ1) is 8.95. The van der Waals surface area contributed by atoms with E-state index in [9.17, 15) is 8.42 Å². The predicted molar refractivity (Wildman–Crippen MR) is 76.8 cm³/mol. The van der Waals surface area contributed by atoms with Crippen LogP contribution in [0.5, 0.6) is 0 Å². The molecule has 2 atom stereocenters. The number of thiophene rings is 1. The Balaban J connectivity index is 1.70. The quantitative estimate of drug-likeness (QED) is 0.845. The van der Waals surface area contributed by atoms with E-state index >= 15 is 0 Å². The number of hydrogen-bond donors (Lipinski definition) is 2. The average Bonchev–Trinajstić information content (AvgIpc) is 3.22. The third-order valence-electron chi connectivity index (χ3n) is 3.81. The van der Waals surface area contributed by atoms with Gasteiger partial charge in [-0.2, -0.15) is 0 Å². The highest BCUT2D eigenvalue weighted by Crippen LogP contribution is 2.33. The maximum Gasteiger partial charge on any atom is 0.250 e. The zero-order chi connectivity index (χ0) is 13.6. The second-order valence-corrected chi connectivity index (χ2v) is 8.85. The molecule has 0 saturated heterocycles. The SMILES string of the molecule is Cc1cc(S(=O)(=O)NC2CC2C)sc1CNC1CC1. The van der Waals surface area contributed by atoms with Crippen LogP contribution in [0.3, 0.4) is 0 Å². The van der Waals surface area contributed by atoms with E-state index in [2.05, 4.69) is 17.0 Å². The Morgan fingerprint density at radius 1 is 1.42 bits per heavy atom. The molecule has 0 aliphatic heterocycles. The summed E-state index contributed by atoms with van der Waals surface area (Å²) < 4.78 is 27.7. The van der Waals surface area contributed by atoms with E-state index in [0.717, 1.165) is 23.4 Å². The molecule has 0 radical (unpaired) electrons. The summed E-state index contributed by atoms with van der Waals surface area (Å²) in [6, 6.07) is 2.58. The summed E-state index contributed by atoms with van der Waals surface area (Å²) in [5.41, 5.74) is 1.07. The van der Waals surface area contributed by atoms with Crippen LogP contribution in [0.2, 0.25) is 0 Å². The van der Waals surface area contributed by atoms with Crippen molar-refractivity contribution in [1.29, 1.82) is 0 Å². The van der Waals surface area contributed by atoms with Gasteiger partial charge in [0.05, 0.1) is 0 Å². The van der Waals surface area contributed by atoms with Gasteiger partial charge in [-0.3, -0.25) is 0 Å². The molecule has 0 aromatic carbocycles. The van der Waals surface area contributed by atoms with Crippen molar-refractivity contribution in [2.75, 3.05) is 0 Å². The number of sulfonamides is 1. The molecule has 2 aliphatic rings. The van der Waals surface area contributed by atoms with Crippen molar-refractivity contribution in [3.05, 3.63) is 16.5 Å². The molecule has 6 heteroatoms. The number of aryl methyl sites for hydroxylation is 1. The van der Waals surface area contributed by atoms with Gasteiger partial charge >= 0.3 is 0 Å². The lowest BCUT2D eigenvalue weighted by Gasteiger charge is -2.02. The first kappa shape index (κ1) is 13.5. The lowest BCUT2D eigenvalue weighted by atomic mass is 10.3. The van der Waals surface area contributed by atoms with Crippen molar-refractivity contribution >= 4 is 21.4 Å². The molecular formula is C13H20N2O2S2. The molecule has 3 rings (SSSR count). The molecule has 1 aromatic rings. The van der Waals surface area contributed by atoms with Gasteiger partial charge in [0.25, 0.3) is 0 Å². The maximum atomic E-state index is 12.2. The fraction of sp³-hybridized carbons (Fsp3) is 0.692. The summed E-state index contributed by atoms with van der Waals surface area (Å²) in [4.78, 5) is 1.14. The second-order valence-electron chi connectivity index (χ2n) is 5.77. The fourth-order valence-corrected chi connectivity index (χ4v) is 4.98. The van der Waals surface area contributed by atoms with Crippen molar-refractivity contribution in [2.45, 2.75) is 55.9 Å². The van der Waals surface area contributed by atoms with Crippen LogP contribution in [0.4, 0.5) is 0 Å². The Morgan fingerprint density at radius 3 is 2.68 bits per heavy atom. The summed E-state index contributed by atoms with van der Waals surface area (Å²) in [5.74, 6) is 0.479. The average molecular weight is 300 g/mol. The summed E-state index contributed by atoms with van der Waals surface area (Å²) >= 11 is 1.39. The monoisotopic (exact) mass is 300 g/mol. The summed E-state index contributed by atoms with van der Waals surface area (Å²) in [6.45, 7) is 4.84. The van der Waals surface area contributed by atoms with Crippen molar-refractivity contribution in [3.8, 4) is 0 Å². The summed E-state index contributed by atoms with van der Waals surface area (Å²) in [7, 11) is -3.31. The lowest BCUT2D eigenvalue weighted by Crippen LogP contribution is -2.26. The first-order valence-electron chi connectivity index (χ1n) is 6.81. The zero-order valence-corrected chi connectivity index (χ0v) is 12.9. The third-order valence-corrected chi connectivity index (χ3v) is 7.01. The van der Waals surface area contributed by atoms with Gasteiger partial charge in [0.15, 0.2) is 0 Å². The molecule has 1 heterocycles. The van der Waals surface area contributed by atoms with Crippen LogP contribution in [-0.4, -0.2) is 20.5 Å². The largest absolute Gasteiger partial charge is 0.309 e. The minimum atomic E-state index is -3.31. The molecule has 2 fully saturated rings. The summed E-state index contributed by atoms with van der Waals surface area (Å²) in [6.07, 6.45) is 3.45. The second kappa shape index (κ2) is 4.84. The van der Waals surface area contributed by atoms with Gasteiger partial charge in [0.2, 0.25) is 10.0 Å². The Morgan fingerprint density at radius 2 is 2.11 bits per heavy atom. The van der Waals surface area contributed by atoms with Crippen LogP contribution in [0.1, 0.15) is 36.6 Å². The Labute approximate surface area is 118 Å². The van der Waals surface area contributed by atoms with E-state index in [1.807, 2.05) is 6.92 Å². The predicted octanol–water partition coefficient (Wildman–Crippen LogP) is 2.00. The Hall–Kier alpha value is -0.430. The van der Waals surface area contributed by atoms with E-state index in [1.165, 1.54) is 24.2 Å². The number of nitrogens with one attached hydrogen (secondary N) is 2. The maximum absolute atomic E-state index is 12.2. The molecule has 4 nitrogen and oxygen atoms in total. The van der Waals surface area contributed by atoms with E-state index in [1.54, 1.807) is 6.07 Å². The van der Waals surface area contributed by atoms with E-state index in [-0.39, 0.29) is 6.04 Å². The number of rotatable bonds is 6. The topological polar surface area (TPSA) is 58.2 Å². The van der Waals surface area contributed by atoms with Gasteiger partial charge in [-0.25, -0.2) is 13.1 Å². The van der Waals surface area contributed by atoms with Crippen LogP contribution in [0.25, 0.3) is 0 Å². The summed E-state index contributed by atoms with van der Waals surface area (Å²) in [5, 5.41) is 3.43. The van der Waals surface area contributed by atoms with Gasteiger partial charge in [-0.1, -0.05) is 6.92 Å². The van der Waals surface area contributed by atoms with Gasteiger partial charge in [0.1, 0.15) is 4.21 Å². The molecule has 0 amide bonds. The van der Waals surface area contributed by atoms with E-state index in [0.29, 0.717) is 16.2 Å². The van der Waals surface area contributed by atoms with Gasteiger partial charge < -0.3 is 5.32 Å². The van der Waals surface area contributed by atoms with Crippen LogP contribution < -0.4 is 10.0 Å². The normalized spacial score (nSPS) is 26.6. The molecule has 0 spiro atoms. The fourth-order valence-electron chi connectivity index (χ4n) is 2.06. The van der Waals surface area contributed by atoms with Crippen LogP contribution in [0, 0.1) is 12.8 Å². The molecular weight excluding hydrogens is 280 g/mol. The van der Waals surface area contributed by atoms with Crippen LogP contribution in [-0.2, 0) is 16.6 Å². The van der Waals surface area contributed by atoms with Crippen molar-refractivity contribution in [3.63, 3.8) is 0 Å². The highest BCUT2D eigenvalue weighted by Gasteiger charge is 2.37. The molecule has 2 unspecified atom stereocenters. The number of hydrogen-bond acceptors (Lipinski definition) is 4. The third kappa shape index (κ3) is 3.18. The lowest BCUT2D eigenvalue weighted by molar-refractivity contribution is 0.580. The molecule has 2 saturated carbocycles. The first-order valence-corrected chi connectivity index (χ1v) is 9.10. The highest BCUT2D eigenvalue weighted by molar-refractivity contribution is 7.91. The smallest absolute Gasteiger partial charge is 0.250 e. The molecule has 106 valence electrons. The van der Waals surface area contributed by atoms with Crippen LogP contribution in [0.15, 0.2) is 10.3 Å². The molecule has 19 heavy (non-hydrogen) atoms. The molecule has 2 N–H and O–H groups in total. The van der Waals surface area contributed by atoms with Crippen molar-refractivity contribution < 1.29 is 8.42 Å². The van der Waals surface area contributed by atoms with Gasteiger partial charge in [-0.15, -0.1) is 11.3 Å². The Bertz CT molecular complexity index is 575. The standard InChI is InChI=1S/C13H20N2O2S2/c1-8-5-11(8)15-19(16,17)13-6-9(2)12(18-13)7-14-10-3-4-10/h6,8,10-11,14-15H,3-5,7H2,1-2H3. The molecule has 2 aliphatic carbocycles. The van der Waals surface area contributed by atoms with Gasteiger partial charge in [0, 0.05) is 23.5 Å². The Kier molecular flexibility index (Phi) is 3.45. The van der Waals surface area contributed by atoms with Gasteiger partial charge in [-0.05, 0) is 43.7 Å². The zero-order valence-electron chi connectivity index (χ0n) is 11.3. The van der Waals surface area contributed by atoms with Crippen molar-refractivity contribution in [1.82, 2.24) is 10.0 Å².